The molecule has 1 aliphatic rings. The molecule has 2 aromatic rings. The maximum absolute atomic E-state index is 3.49. The summed E-state index contributed by atoms with van der Waals surface area (Å²) in [5.41, 5.74) is 2.42. The monoisotopic (exact) mass is 273 g/mol. The summed E-state index contributed by atoms with van der Waals surface area (Å²) >= 11 is 3.76. The highest BCUT2D eigenvalue weighted by Crippen LogP contribution is 2.45. The quantitative estimate of drug-likeness (QED) is 0.628. The van der Waals surface area contributed by atoms with E-state index in [0.29, 0.717) is 5.25 Å². The lowest BCUT2D eigenvalue weighted by molar-refractivity contribution is 1.11. The molecule has 0 radical (unpaired) electrons. The molecule has 3 rings (SSSR count). The summed E-state index contributed by atoms with van der Waals surface area (Å²) in [6.07, 6.45) is 0. The van der Waals surface area contributed by atoms with E-state index in [1.165, 1.54) is 26.1 Å². The van der Waals surface area contributed by atoms with Crippen LogP contribution in [0.3, 0.4) is 0 Å². The highest BCUT2D eigenvalue weighted by molar-refractivity contribution is 8.00. The molecule has 0 unspecified atom stereocenters. The van der Waals surface area contributed by atoms with Crippen molar-refractivity contribution in [2.24, 2.45) is 0 Å². The van der Waals surface area contributed by atoms with Crippen molar-refractivity contribution in [3.05, 3.63) is 42.5 Å². The van der Waals surface area contributed by atoms with Crippen LogP contribution in [0.2, 0.25) is 0 Å². The largest absolute Gasteiger partial charge is 0.354 e. The molecule has 1 heterocycles. The average molecular weight is 273 g/mol. The van der Waals surface area contributed by atoms with E-state index >= 15 is 0 Å². The lowest BCUT2D eigenvalue weighted by Crippen LogP contribution is -1.99. The van der Waals surface area contributed by atoms with Gasteiger partial charge in [0.25, 0.3) is 0 Å². The van der Waals surface area contributed by atoms with Crippen molar-refractivity contribution < 1.29 is 0 Å². The highest BCUT2D eigenvalue weighted by Gasteiger charge is 2.15. The number of fused-ring (bicyclic) bond motifs is 2. The Labute approximate surface area is 116 Å². The van der Waals surface area contributed by atoms with Gasteiger partial charge in [0.2, 0.25) is 0 Å². The molecule has 0 fully saturated rings. The Kier molecular flexibility index (Phi) is 3.27. The van der Waals surface area contributed by atoms with E-state index in [1.54, 1.807) is 0 Å². The van der Waals surface area contributed by atoms with Gasteiger partial charge in [0, 0.05) is 19.9 Å². The molecule has 0 saturated carbocycles. The molecular weight excluding hydrogens is 258 g/mol. The molecule has 0 aliphatic carbocycles. The lowest BCUT2D eigenvalue weighted by atomic mass is 10.2. The molecule has 0 aromatic heterocycles. The third-order valence-electron chi connectivity index (χ3n) is 2.70. The Morgan fingerprint density at radius 2 is 1.78 bits per heavy atom. The van der Waals surface area contributed by atoms with Crippen molar-refractivity contribution in [1.29, 1.82) is 0 Å². The van der Waals surface area contributed by atoms with Crippen LogP contribution in [-0.4, -0.2) is 5.25 Å². The summed E-state index contributed by atoms with van der Waals surface area (Å²) in [7, 11) is 0. The molecule has 0 atom stereocenters. The van der Waals surface area contributed by atoms with Crippen LogP contribution in [0.1, 0.15) is 13.8 Å². The third kappa shape index (κ3) is 2.38. The minimum Gasteiger partial charge on any atom is -0.354 e. The Bertz CT molecular complexity index is 578. The van der Waals surface area contributed by atoms with Gasteiger partial charge in [-0.15, -0.1) is 11.8 Å². The second-order valence-electron chi connectivity index (χ2n) is 4.55. The van der Waals surface area contributed by atoms with Crippen LogP contribution in [0.5, 0.6) is 0 Å². The first-order valence-electron chi connectivity index (χ1n) is 6.07. The van der Waals surface area contributed by atoms with Crippen molar-refractivity contribution in [3.8, 4) is 0 Å². The van der Waals surface area contributed by atoms with Gasteiger partial charge in [-0.05, 0) is 30.3 Å². The van der Waals surface area contributed by atoms with E-state index in [4.69, 9.17) is 0 Å². The number of anilines is 2. The molecular formula is C15H15NS2. The summed E-state index contributed by atoms with van der Waals surface area (Å²) in [6, 6.07) is 15.1. The van der Waals surface area contributed by atoms with Gasteiger partial charge in [-0.25, -0.2) is 0 Å². The Morgan fingerprint density at radius 3 is 2.61 bits per heavy atom. The number of hydrogen-bond donors (Lipinski definition) is 1. The smallest absolute Gasteiger partial charge is 0.0527 e. The first-order valence-corrected chi connectivity index (χ1v) is 7.76. The fourth-order valence-electron chi connectivity index (χ4n) is 1.96. The van der Waals surface area contributed by atoms with Crippen molar-refractivity contribution >= 4 is 34.9 Å². The molecule has 1 nitrogen and oxygen atoms in total. The normalized spacial score (nSPS) is 12.8. The molecule has 1 N–H and O–H groups in total. The second-order valence-corrected chi connectivity index (χ2v) is 7.28. The second kappa shape index (κ2) is 4.90. The van der Waals surface area contributed by atoms with Crippen LogP contribution in [-0.2, 0) is 0 Å². The van der Waals surface area contributed by atoms with Gasteiger partial charge in [-0.2, -0.15) is 0 Å². The molecule has 92 valence electrons. The third-order valence-corrected chi connectivity index (χ3v) is 4.83. The predicted octanol–water partition coefficient (Wildman–Crippen LogP) is 5.40. The maximum Gasteiger partial charge on any atom is 0.0527 e. The number of benzene rings is 2. The molecule has 0 bridgehead atoms. The van der Waals surface area contributed by atoms with Gasteiger partial charge in [0.05, 0.1) is 11.4 Å². The first kappa shape index (κ1) is 12.0. The average Bonchev–Trinajstić information content (AvgIpc) is 2.35. The van der Waals surface area contributed by atoms with Crippen molar-refractivity contribution in [2.75, 3.05) is 5.32 Å². The Balaban J connectivity index is 1.93. The van der Waals surface area contributed by atoms with Crippen LogP contribution in [0, 0.1) is 0 Å². The van der Waals surface area contributed by atoms with Gasteiger partial charge in [0.1, 0.15) is 0 Å². The fraction of sp³-hybridized carbons (Fsp3) is 0.200. The lowest BCUT2D eigenvalue weighted by Gasteiger charge is -2.21. The van der Waals surface area contributed by atoms with Gasteiger partial charge >= 0.3 is 0 Å². The summed E-state index contributed by atoms with van der Waals surface area (Å²) in [5.74, 6) is 0. The zero-order chi connectivity index (χ0) is 12.5. The Hall–Kier alpha value is -1.06. The molecule has 0 spiro atoms. The summed E-state index contributed by atoms with van der Waals surface area (Å²) in [4.78, 5) is 3.97. The van der Waals surface area contributed by atoms with E-state index in [1.807, 2.05) is 23.5 Å². The zero-order valence-corrected chi connectivity index (χ0v) is 12.1. The number of nitrogens with one attached hydrogen (secondary N) is 1. The molecule has 0 amide bonds. The summed E-state index contributed by atoms with van der Waals surface area (Å²) in [5, 5.41) is 4.11. The van der Waals surface area contributed by atoms with E-state index in [9.17, 15) is 0 Å². The van der Waals surface area contributed by atoms with Crippen molar-refractivity contribution in [1.82, 2.24) is 0 Å². The fourth-order valence-corrected chi connectivity index (χ4v) is 3.94. The SMILES string of the molecule is CC(C)Sc1ccc2c(c1)Sc1ccccc1N2. The minimum atomic E-state index is 0.622. The van der Waals surface area contributed by atoms with Crippen molar-refractivity contribution in [3.63, 3.8) is 0 Å². The van der Waals surface area contributed by atoms with Crippen molar-refractivity contribution in [2.45, 2.75) is 33.8 Å². The van der Waals surface area contributed by atoms with Crippen LogP contribution < -0.4 is 5.32 Å². The van der Waals surface area contributed by atoms with E-state index in [0.717, 1.165) is 0 Å². The van der Waals surface area contributed by atoms with Crippen LogP contribution >= 0.6 is 23.5 Å². The van der Waals surface area contributed by atoms with Crippen LogP contribution in [0.4, 0.5) is 11.4 Å². The van der Waals surface area contributed by atoms with Gasteiger partial charge < -0.3 is 5.32 Å². The predicted molar refractivity (Wildman–Crippen MR) is 81.3 cm³/mol. The van der Waals surface area contributed by atoms with Crippen LogP contribution in [0.25, 0.3) is 0 Å². The maximum atomic E-state index is 3.49. The number of hydrogen-bond acceptors (Lipinski definition) is 3. The van der Waals surface area contributed by atoms with E-state index < -0.39 is 0 Å². The first-order chi connectivity index (χ1) is 8.72. The van der Waals surface area contributed by atoms with Crippen LogP contribution in [0.15, 0.2) is 57.2 Å². The molecule has 3 heteroatoms. The van der Waals surface area contributed by atoms with E-state index in [2.05, 4.69) is 61.6 Å². The number of para-hydroxylation sites is 1. The van der Waals surface area contributed by atoms with Gasteiger partial charge in [0.15, 0.2) is 0 Å². The molecule has 18 heavy (non-hydrogen) atoms. The number of rotatable bonds is 2. The van der Waals surface area contributed by atoms with E-state index in [-0.39, 0.29) is 0 Å². The summed E-state index contributed by atoms with van der Waals surface area (Å²) in [6.45, 7) is 4.45. The highest BCUT2D eigenvalue weighted by atomic mass is 32.2. The van der Waals surface area contributed by atoms with Gasteiger partial charge in [-0.3, -0.25) is 0 Å². The topological polar surface area (TPSA) is 12.0 Å². The molecule has 0 saturated heterocycles. The molecule has 2 aromatic carbocycles. The van der Waals surface area contributed by atoms with Gasteiger partial charge in [-0.1, -0.05) is 37.7 Å². The summed E-state index contributed by atoms with van der Waals surface area (Å²) < 4.78 is 0. The minimum absolute atomic E-state index is 0.622. The zero-order valence-electron chi connectivity index (χ0n) is 10.4. The molecule has 1 aliphatic heterocycles. The Morgan fingerprint density at radius 1 is 1.00 bits per heavy atom. The standard InChI is InChI=1S/C15H15NS2/c1-10(2)17-11-7-8-13-15(9-11)18-14-6-4-3-5-12(14)16-13/h3-10,16H,1-2H3. The number of thioether (sulfide) groups is 1.